The van der Waals surface area contributed by atoms with Gasteiger partial charge in [-0.1, -0.05) is 36.4 Å². The van der Waals surface area contributed by atoms with Crippen LogP contribution in [-0.2, 0) is 30.8 Å². The maximum Gasteiger partial charge on any atom is 0.323 e. The number of carbonyl (C=O) groups is 3. The molecule has 0 fully saturated rings. The molecule has 0 spiro atoms. The molecule has 3 aromatic rings. The number of urea groups is 1. The van der Waals surface area contributed by atoms with E-state index in [1.807, 2.05) is 25.1 Å². The van der Waals surface area contributed by atoms with E-state index < -0.39 is 33.7 Å². The number of benzene rings is 3. The first-order valence-electron chi connectivity index (χ1n) is 13.5. The van der Waals surface area contributed by atoms with Gasteiger partial charge < -0.3 is 25.4 Å². The summed E-state index contributed by atoms with van der Waals surface area (Å²) in [5.74, 6) is -0.453. The number of ether oxygens (including phenoxy) is 2. The van der Waals surface area contributed by atoms with E-state index in [1.165, 1.54) is 7.11 Å². The first kappa shape index (κ1) is 33.1. The lowest BCUT2D eigenvalue weighted by molar-refractivity contribution is -0.155. The number of sulfonamides is 1. The van der Waals surface area contributed by atoms with Gasteiger partial charge in [0.25, 0.3) is 0 Å². The first-order chi connectivity index (χ1) is 20.1. The third-order valence-corrected chi connectivity index (χ3v) is 6.73. The van der Waals surface area contributed by atoms with E-state index in [0.29, 0.717) is 33.9 Å². The zero-order chi connectivity index (χ0) is 31.8. The second kappa shape index (κ2) is 14.2. The number of para-hydroxylation sites is 1. The number of anilines is 3. The Labute approximate surface area is 252 Å². The Hall–Kier alpha value is -4.42. The topological polar surface area (TPSA) is 152 Å². The molecule has 0 aromatic heterocycles. The quantitative estimate of drug-likeness (QED) is 0.219. The molecular weight excluding hydrogens is 572 g/mol. The molecule has 43 heavy (non-hydrogen) atoms. The summed E-state index contributed by atoms with van der Waals surface area (Å²) in [6, 6.07) is 17.7. The van der Waals surface area contributed by atoms with Crippen LogP contribution >= 0.6 is 0 Å². The summed E-state index contributed by atoms with van der Waals surface area (Å²) in [4.78, 5) is 37.7. The van der Waals surface area contributed by atoms with Crippen LogP contribution in [0.2, 0.25) is 0 Å². The monoisotopic (exact) mass is 610 g/mol. The predicted molar refractivity (Wildman–Crippen MR) is 167 cm³/mol. The molecule has 12 heteroatoms. The highest BCUT2D eigenvalue weighted by atomic mass is 32.2. The van der Waals surface area contributed by atoms with Crippen LogP contribution in [0, 0.1) is 6.92 Å². The van der Waals surface area contributed by atoms with Crippen molar-refractivity contribution in [2.45, 2.75) is 52.2 Å². The number of hydrogen-bond donors (Lipinski definition) is 4. The number of methoxy groups -OCH3 is 1. The lowest BCUT2D eigenvalue weighted by Crippen LogP contribution is -2.32. The summed E-state index contributed by atoms with van der Waals surface area (Å²) < 4.78 is 37.1. The minimum absolute atomic E-state index is 0.0324. The molecular formula is C31H38N4O7S. The van der Waals surface area contributed by atoms with Crippen molar-refractivity contribution < 1.29 is 32.3 Å². The summed E-state index contributed by atoms with van der Waals surface area (Å²) in [5.41, 5.74) is 3.02. The zero-order valence-corrected chi connectivity index (χ0v) is 25.9. The fourth-order valence-corrected chi connectivity index (χ4v) is 4.90. The molecule has 0 heterocycles. The van der Waals surface area contributed by atoms with Crippen molar-refractivity contribution in [2.75, 3.05) is 29.3 Å². The molecule has 0 saturated carbocycles. The highest BCUT2D eigenvalue weighted by molar-refractivity contribution is 7.88. The second-order valence-corrected chi connectivity index (χ2v) is 12.8. The number of esters is 1. The van der Waals surface area contributed by atoms with Crippen molar-refractivity contribution >= 4 is 45.0 Å². The Balaban J connectivity index is 1.63. The molecule has 3 aromatic carbocycles. The summed E-state index contributed by atoms with van der Waals surface area (Å²) in [6.07, 6.45) is 0.850. The Morgan fingerprint density at radius 1 is 0.884 bits per heavy atom. The molecule has 0 bridgehead atoms. The summed E-state index contributed by atoms with van der Waals surface area (Å²) in [7, 11) is -2.15. The van der Waals surface area contributed by atoms with Gasteiger partial charge in [-0.3, -0.25) is 9.59 Å². The van der Waals surface area contributed by atoms with Gasteiger partial charge in [-0.25, -0.2) is 17.9 Å². The average Bonchev–Trinajstić information content (AvgIpc) is 2.89. The maximum absolute atomic E-state index is 12.8. The molecule has 4 N–H and O–H groups in total. The fraction of sp³-hybridized carbons (Fsp3) is 0.323. The van der Waals surface area contributed by atoms with Crippen LogP contribution < -0.4 is 25.4 Å². The lowest BCUT2D eigenvalue weighted by Gasteiger charge is -2.23. The Morgan fingerprint density at radius 2 is 1.53 bits per heavy atom. The predicted octanol–water partition coefficient (Wildman–Crippen LogP) is 5.15. The number of hydrogen-bond acceptors (Lipinski definition) is 7. The molecule has 0 aliphatic rings. The molecule has 0 aliphatic heterocycles. The molecule has 3 amide bonds. The third-order valence-electron chi connectivity index (χ3n) is 6.02. The number of aryl methyl sites for hydroxylation is 1. The molecule has 230 valence electrons. The van der Waals surface area contributed by atoms with Gasteiger partial charge in [0, 0.05) is 11.4 Å². The zero-order valence-electron chi connectivity index (χ0n) is 25.1. The average molecular weight is 611 g/mol. The van der Waals surface area contributed by atoms with Gasteiger partial charge in [-0.05, 0) is 74.7 Å². The van der Waals surface area contributed by atoms with E-state index in [2.05, 4.69) is 20.7 Å². The van der Waals surface area contributed by atoms with Gasteiger partial charge in [-0.2, -0.15) is 0 Å². The molecule has 1 atom stereocenters. The normalized spacial score (nSPS) is 12.1. The first-order valence-corrected chi connectivity index (χ1v) is 15.4. The molecule has 3 rings (SSSR count). The second-order valence-electron chi connectivity index (χ2n) is 11.0. The van der Waals surface area contributed by atoms with Crippen LogP contribution in [0.15, 0.2) is 66.7 Å². The Bertz CT molecular complexity index is 1570. The number of amides is 3. The van der Waals surface area contributed by atoms with Gasteiger partial charge in [0.15, 0.2) is 0 Å². The largest absolute Gasteiger partial charge is 0.495 e. The summed E-state index contributed by atoms with van der Waals surface area (Å²) in [5, 5.41) is 8.36. The molecule has 1 unspecified atom stereocenters. The van der Waals surface area contributed by atoms with E-state index in [9.17, 15) is 22.8 Å². The molecule has 0 radical (unpaired) electrons. The van der Waals surface area contributed by atoms with Crippen LogP contribution in [0.3, 0.4) is 0 Å². The summed E-state index contributed by atoms with van der Waals surface area (Å²) in [6.45, 7) is 7.09. The molecule has 0 saturated heterocycles. The fourth-order valence-electron chi connectivity index (χ4n) is 4.16. The smallest absolute Gasteiger partial charge is 0.323 e. The van der Waals surface area contributed by atoms with Crippen LogP contribution in [0.4, 0.5) is 21.9 Å². The van der Waals surface area contributed by atoms with Crippen LogP contribution in [0.1, 0.15) is 49.9 Å². The minimum Gasteiger partial charge on any atom is -0.495 e. The highest BCUT2D eigenvalue weighted by Gasteiger charge is 2.24. The van der Waals surface area contributed by atoms with Gasteiger partial charge in [0.2, 0.25) is 15.9 Å². The van der Waals surface area contributed by atoms with Gasteiger partial charge >= 0.3 is 12.0 Å². The van der Waals surface area contributed by atoms with Gasteiger partial charge in [0.05, 0.1) is 37.9 Å². The van der Waals surface area contributed by atoms with Crippen molar-refractivity contribution in [1.29, 1.82) is 0 Å². The van der Waals surface area contributed by atoms with Crippen LogP contribution in [0.25, 0.3) is 0 Å². The standard InChI is InChI=1S/C31H38N4O7S/c1-20-9-7-8-10-24(20)33-30(38)34-25-16-11-21(17-27(25)41-5)18-28(36)32-23-14-12-22(13-15-23)26(35-43(6,39)40)19-29(37)42-31(2,3)4/h7-17,26,35H,18-19H2,1-6H3,(H,32,36)(H2,33,34,38). The molecule has 11 nitrogen and oxygen atoms in total. The van der Waals surface area contributed by atoms with E-state index in [0.717, 1.165) is 11.8 Å². The number of rotatable bonds is 11. The molecule has 0 aliphatic carbocycles. The van der Waals surface area contributed by atoms with Crippen molar-refractivity contribution in [3.8, 4) is 5.75 Å². The summed E-state index contributed by atoms with van der Waals surface area (Å²) >= 11 is 0. The van der Waals surface area contributed by atoms with Crippen molar-refractivity contribution in [3.63, 3.8) is 0 Å². The van der Waals surface area contributed by atoms with E-state index in [4.69, 9.17) is 9.47 Å². The number of carbonyl (C=O) groups excluding carboxylic acids is 3. The van der Waals surface area contributed by atoms with Crippen molar-refractivity contribution in [1.82, 2.24) is 4.72 Å². The van der Waals surface area contributed by atoms with Gasteiger partial charge in [0.1, 0.15) is 11.4 Å². The number of nitrogens with one attached hydrogen (secondary N) is 4. The lowest BCUT2D eigenvalue weighted by atomic mass is 10.0. The Kier molecular flexibility index (Phi) is 10.9. The van der Waals surface area contributed by atoms with Crippen molar-refractivity contribution in [2.24, 2.45) is 0 Å². The van der Waals surface area contributed by atoms with Gasteiger partial charge in [-0.15, -0.1) is 0 Å². The van der Waals surface area contributed by atoms with E-state index in [-0.39, 0.29) is 18.7 Å². The highest BCUT2D eigenvalue weighted by Crippen LogP contribution is 2.27. The third kappa shape index (κ3) is 11.1. The van der Waals surface area contributed by atoms with Crippen LogP contribution in [0.5, 0.6) is 5.75 Å². The minimum atomic E-state index is -3.62. The maximum atomic E-state index is 12.8. The Morgan fingerprint density at radius 3 is 2.14 bits per heavy atom. The van der Waals surface area contributed by atoms with Crippen molar-refractivity contribution in [3.05, 3.63) is 83.4 Å². The van der Waals surface area contributed by atoms with E-state index >= 15 is 0 Å². The SMILES string of the molecule is COc1cc(CC(=O)Nc2ccc(C(CC(=O)OC(C)(C)C)NS(C)(=O)=O)cc2)ccc1NC(=O)Nc1ccccc1C. The van der Waals surface area contributed by atoms with E-state index in [1.54, 1.807) is 69.3 Å². The van der Waals surface area contributed by atoms with Crippen LogP contribution in [-0.4, -0.2) is 45.3 Å².